The lowest BCUT2D eigenvalue weighted by molar-refractivity contribution is 0.147. The van der Waals surface area contributed by atoms with Crippen molar-refractivity contribution in [3.05, 3.63) is 54.4 Å². The Balaban J connectivity index is 1.56. The Morgan fingerprint density at radius 2 is 1.92 bits per heavy atom. The normalized spacial score (nSPS) is 16.5. The summed E-state index contributed by atoms with van der Waals surface area (Å²) in [6.07, 6.45) is 3.37. The third-order valence-electron chi connectivity index (χ3n) is 4.51. The molecular weight excluding hydrogens is 302 g/mol. The predicted molar refractivity (Wildman–Crippen MR) is 93.3 cm³/mol. The van der Waals surface area contributed by atoms with Crippen LogP contribution >= 0.6 is 0 Å². The van der Waals surface area contributed by atoms with Crippen LogP contribution in [-0.2, 0) is 6.54 Å². The molecule has 2 aromatic heterocycles. The highest BCUT2D eigenvalue weighted by Crippen LogP contribution is 2.30. The van der Waals surface area contributed by atoms with Crippen LogP contribution in [0.15, 0.2) is 53.3 Å². The second kappa shape index (κ2) is 6.63. The van der Waals surface area contributed by atoms with E-state index in [1.807, 2.05) is 24.3 Å². The summed E-state index contributed by atoms with van der Waals surface area (Å²) in [5.74, 6) is 1.45. The molecule has 3 heterocycles. The van der Waals surface area contributed by atoms with Crippen LogP contribution in [0.2, 0.25) is 0 Å². The number of furan rings is 1. The van der Waals surface area contributed by atoms with Crippen molar-refractivity contribution in [1.29, 1.82) is 0 Å². The fourth-order valence-corrected chi connectivity index (χ4v) is 3.04. The summed E-state index contributed by atoms with van der Waals surface area (Å²) >= 11 is 0. The maximum atomic E-state index is 6.14. The third kappa shape index (κ3) is 3.13. The first-order valence-corrected chi connectivity index (χ1v) is 8.28. The van der Waals surface area contributed by atoms with E-state index in [1.165, 1.54) is 5.56 Å². The molecule has 4 rings (SSSR count). The highest BCUT2D eigenvalue weighted by atomic mass is 16.5. The first-order valence-electron chi connectivity index (χ1n) is 8.28. The van der Waals surface area contributed by atoms with Crippen LogP contribution in [-0.4, -0.2) is 48.0 Å². The number of piperazine rings is 1. The Bertz CT molecular complexity index is 822. The van der Waals surface area contributed by atoms with Crippen LogP contribution in [0.25, 0.3) is 11.0 Å². The summed E-state index contributed by atoms with van der Waals surface area (Å²) in [6, 6.07) is 11.9. The van der Waals surface area contributed by atoms with Gasteiger partial charge in [0.2, 0.25) is 5.88 Å². The summed E-state index contributed by atoms with van der Waals surface area (Å²) in [5, 5.41) is 0.895. The number of ether oxygens (including phenoxy) is 1. The van der Waals surface area contributed by atoms with Gasteiger partial charge in [-0.1, -0.05) is 18.2 Å². The van der Waals surface area contributed by atoms with Gasteiger partial charge >= 0.3 is 0 Å². The minimum absolute atomic E-state index is 0.590. The van der Waals surface area contributed by atoms with E-state index < -0.39 is 0 Å². The Morgan fingerprint density at radius 3 is 2.79 bits per heavy atom. The minimum atomic E-state index is 0.590. The standard InChI is InChI=1S/C19H21N3O2/c1-21-9-11-22(12-10-21)14-15-4-2-3-5-17(15)24-19-16-7-13-23-18(16)6-8-20-19/h2-8,13H,9-12,14H2,1H3. The molecule has 0 amide bonds. The molecule has 0 radical (unpaired) electrons. The Labute approximate surface area is 141 Å². The summed E-state index contributed by atoms with van der Waals surface area (Å²) in [6.45, 7) is 5.28. The van der Waals surface area contributed by atoms with Crippen LogP contribution in [0.3, 0.4) is 0 Å². The van der Waals surface area contributed by atoms with Crippen molar-refractivity contribution in [1.82, 2.24) is 14.8 Å². The zero-order valence-electron chi connectivity index (χ0n) is 13.8. The number of nitrogens with zero attached hydrogens (tertiary/aromatic N) is 3. The largest absolute Gasteiger partial charge is 0.464 e. The van der Waals surface area contributed by atoms with E-state index in [0.29, 0.717) is 5.88 Å². The van der Waals surface area contributed by atoms with Gasteiger partial charge in [-0.2, -0.15) is 0 Å². The lowest BCUT2D eigenvalue weighted by atomic mass is 10.1. The highest BCUT2D eigenvalue weighted by molar-refractivity contribution is 5.82. The van der Waals surface area contributed by atoms with E-state index in [4.69, 9.17) is 9.15 Å². The predicted octanol–water partition coefficient (Wildman–Crippen LogP) is 3.37. The van der Waals surface area contributed by atoms with Crippen molar-refractivity contribution in [3.63, 3.8) is 0 Å². The zero-order valence-corrected chi connectivity index (χ0v) is 13.8. The number of pyridine rings is 1. The van der Waals surface area contributed by atoms with Gasteiger partial charge in [-0.3, -0.25) is 4.90 Å². The maximum absolute atomic E-state index is 6.14. The van der Waals surface area contributed by atoms with Crippen LogP contribution < -0.4 is 4.74 Å². The van der Waals surface area contributed by atoms with Crippen molar-refractivity contribution < 1.29 is 9.15 Å². The number of aromatic nitrogens is 1. The van der Waals surface area contributed by atoms with Gasteiger partial charge in [0.25, 0.3) is 0 Å². The summed E-state index contributed by atoms with van der Waals surface area (Å²) in [7, 11) is 2.17. The topological polar surface area (TPSA) is 41.7 Å². The van der Waals surface area contributed by atoms with E-state index in [-0.39, 0.29) is 0 Å². The van der Waals surface area contributed by atoms with Crippen LogP contribution in [0.5, 0.6) is 11.6 Å². The smallest absolute Gasteiger partial charge is 0.230 e. The molecule has 1 aliphatic heterocycles. The van der Waals surface area contributed by atoms with Crippen molar-refractivity contribution in [2.45, 2.75) is 6.54 Å². The molecule has 1 fully saturated rings. The molecule has 0 bridgehead atoms. The lowest BCUT2D eigenvalue weighted by Crippen LogP contribution is -2.43. The molecule has 1 aliphatic rings. The molecular formula is C19H21N3O2. The fraction of sp³-hybridized carbons (Fsp3) is 0.316. The molecule has 1 aromatic carbocycles. The molecule has 24 heavy (non-hydrogen) atoms. The van der Waals surface area contributed by atoms with Crippen molar-refractivity contribution in [3.8, 4) is 11.6 Å². The van der Waals surface area contributed by atoms with Crippen LogP contribution in [0.4, 0.5) is 0 Å². The lowest BCUT2D eigenvalue weighted by Gasteiger charge is -2.32. The number of fused-ring (bicyclic) bond motifs is 1. The molecule has 124 valence electrons. The summed E-state index contributed by atoms with van der Waals surface area (Å²) in [4.78, 5) is 9.20. The van der Waals surface area contributed by atoms with Gasteiger partial charge in [0.1, 0.15) is 11.3 Å². The molecule has 5 heteroatoms. The Hall–Kier alpha value is -2.37. The maximum Gasteiger partial charge on any atom is 0.230 e. The number of benzene rings is 1. The number of rotatable bonds is 4. The second-order valence-electron chi connectivity index (χ2n) is 6.24. The molecule has 0 saturated carbocycles. The van der Waals surface area contributed by atoms with Gasteiger partial charge in [-0.15, -0.1) is 0 Å². The van der Waals surface area contributed by atoms with Gasteiger partial charge in [-0.25, -0.2) is 4.98 Å². The summed E-state index contributed by atoms with van der Waals surface area (Å²) < 4.78 is 11.6. The van der Waals surface area contributed by atoms with Crippen molar-refractivity contribution >= 4 is 11.0 Å². The Kier molecular flexibility index (Phi) is 4.19. The van der Waals surface area contributed by atoms with E-state index >= 15 is 0 Å². The van der Waals surface area contributed by atoms with Crippen LogP contribution in [0, 0.1) is 0 Å². The van der Waals surface area contributed by atoms with Crippen molar-refractivity contribution in [2.75, 3.05) is 33.2 Å². The van der Waals surface area contributed by atoms with E-state index in [1.54, 1.807) is 12.5 Å². The molecule has 0 N–H and O–H groups in total. The molecule has 0 aliphatic carbocycles. The fourth-order valence-electron chi connectivity index (χ4n) is 3.04. The first kappa shape index (κ1) is 15.2. The van der Waals surface area contributed by atoms with Gasteiger partial charge < -0.3 is 14.1 Å². The quantitative estimate of drug-likeness (QED) is 0.736. The zero-order chi connectivity index (χ0) is 16.4. The SMILES string of the molecule is CN1CCN(Cc2ccccc2Oc2nccc3occc23)CC1. The number of para-hydroxylation sites is 1. The van der Waals surface area contributed by atoms with Gasteiger partial charge in [0.15, 0.2) is 0 Å². The molecule has 0 spiro atoms. The molecule has 5 nitrogen and oxygen atoms in total. The van der Waals surface area contributed by atoms with E-state index in [2.05, 4.69) is 34.0 Å². The highest BCUT2D eigenvalue weighted by Gasteiger charge is 2.16. The summed E-state index contributed by atoms with van der Waals surface area (Å²) in [5.41, 5.74) is 1.97. The van der Waals surface area contributed by atoms with Gasteiger partial charge in [0, 0.05) is 44.5 Å². The number of likely N-dealkylation sites (N-methyl/N-ethyl adjacent to an activating group) is 1. The average molecular weight is 323 g/mol. The first-order chi connectivity index (χ1) is 11.8. The van der Waals surface area contributed by atoms with Crippen molar-refractivity contribution in [2.24, 2.45) is 0 Å². The van der Waals surface area contributed by atoms with E-state index in [0.717, 1.165) is 49.4 Å². The monoisotopic (exact) mass is 323 g/mol. The Morgan fingerprint density at radius 1 is 1.08 bits per heavy atom. The van der Waals surface area contributed by atoms with Gasteiger partial charge in [-0.05, 0) is 25.2 Å². The van der Waals surface area contributed by atoms with E-state index in [9.17, 15) is 0 Å². The number of hydrogen-bond acceptors (Lipinski definition) is 5. The number of hydrogen-bond donors (Lipinski definition) is 0. The average Bonchev–Trinajstić information content (AvgIpc) is 3.08. The minimum Gasteiger partial charge on any atom is -0.464 e. The molecule has 1 saturated heterocycles. The van der Waals surface area contributed by atoms with Gasteiger partial charge in [0.05, 0.1) is 11.6 Å². The molecule has 3 aromatic rings. The van der Waals surface area contributed by atoms with Crippen LogP contribution in [0.1, 0.15) is 5.56 Å². The molecule has 0 atom stereocenters. The second-order valence-corrected chi connectivity index (χ2v) is 6.24. The third-order valence-corrected chi connectivity index (χ3v) is 4.51. The molecule has 0 unspecified atom stereocenters.